The van der Waals surface area contributed by atoms with E-state index in [4.69, 9.17) is 0 Å². The molecule has 19 heavy (non-hydrogen) atoms. The number of hydrogen-bond donors (Lipinski definition) is 2. The van der Waals surface area contributed by atoms with Crippen LogP contribution >= 0.6 is 0 Å². The summed E-state index contributed by atoms with van der Waals surface area (Å²) in [5.41, 5.74) is 1.24. The van der Waals surface area contributed by atoms with Gasteiger partial charge in [-0.3, -0.25) is 4.79 Å². The molecule has 0 aliphatic rings. The molecule has 3 nitrogen and oxygen atoms in total. The maximum absolute atomic E-state index is 12.1. The molecule has 6 heteroatoms. The van der Waals surface area contributed by atoms with Crippen molar-refractivity contribution >= 4 is 5.91 Å². The summed E-state index contributed by atoms with van der Waals surface area (Å²) in [7, 11) is 0. The van der Waals surface area contributed by atoms with Crippen molar-refractivity contribution < 1.29 is 23.1 Å². The maximum Gasteiger partial charge on any atom is 0.471 e. The minimum Gasteiger partial charge on any atom is -0.388 e. The number of hydrogen-bond acceptors (Lipinski definition) is 2. The molecule has 0 aromatic heterocycles. The molecular formula is C13H16F3NO2. The Bertz CT molecular complexity index is 429. The van der Waals surface area contributed by atoms with Gasteiger partial charge in [0.05, 0.1) is 12.1 Å². The summed E-state index contributed by atoms with van der Waals surface area (Å²) in [5.74, 6) is -1.96. The van der Waals surface area contributed by atoms with Crippen LogP contribution in [0.1, 0.15) is 43.5 Å². The van der Waals surface area contributed by atoms with Crippen LogP contribution in [0.3, 0.4) is 0 Å². The Morgan fingerprint density at radius 3 is 2.16 bits per heavy atom. The molecule has 2 unspecified atom stereocenters. The number of amides is 1. The number of carbonyl (C=O) groups is 1. The Kier molecular flexibility index (Phi) is 4.94. The second-order valence-electron chi connectivity index (χ2n) is 4.28. The predicted molar refractivity (Wildman–Crippen MR) is 64.3 cm³/mol. The van der Waals surface area contributed by atoms with Gasteiger partial charge in [0.1, 0.15) is 0 Å². The number of halogens is 3. The Morgan fingerprint density at radius 2 is 1.74 bits per heavy atom. The van der Waals surface area contributed by atoms with Crippen molar-refractivity contribution in [3.63, 3.8) is 0 Å². The first-order valence-electron chi connectivity index (χ1n) is 5.91. The van der Waals surface area contributed by atoms with Crippen LogP contribution < -0.4 is 5.32 Å². The predicted octanol–water partition coefficient (Wildman–Crippen LogP) is 2.87. The van der Waals surface area contributed by atoms with E-state index in [-0.39, 0.29) is 0 Å². The van der Waals surface area contributed by atoms with Gasteiger partial charge in [-0.25, -0.2) is 0 Å². The van der Waals surface area contributed by atoms with Crippen LogP contribution in [0.15, 0.2) is 24.3 Å². The summed E-state index contributed by atoms with van der Waals surface area (Å²) in [5, 5.41) is 11.5. The third-order valence-electron chi connectivity index (χ3n) is 2.81. The van der Waals surface area contributed by atoms with Crippen LogP contribution in [0.4, 0.5) is 13.2 Å². The third-order valence-corrected chi connectivity index (χ3v) is 2.81. The van der Waals surface area contributed by atoms with Gasteiger partial charge in [-0.15, -0.1) is 0 Å². The van der Waals surface area contributed by atoms with E-state index in [1.807, 2.05) is 12.2 Å². The van der Waals surface area contributed by atoms with Crippen molar-refractivity contribution in [2.75, 3.05) is 0 Å². The second kappa shape index (κ2) is 6.06. The van der Waals surface area contributed by atoms with E-state index in [0.717, 1.165) is 0 Å². The topological polar surface area (TPSA) is 49.3 Å². The molecule has 0 aliphatic carbocycles. The second-order valence-corrected chi connectivity index (χ2v) is 4.28. The molecule has 1 rings (SSSR count). The highest BCUT2D eigenvalue weighted by Gasteiger charge is 2.39. The SMILES string of the molecule is CCC(O)c1ccc(C(C)NC(=O)C(F)(F)F)cc1. The van der Waals surface area contributed by atoms with Crippen LogP contribution in [-0.2, 0) is 4.79 Å². The van der Waals surface area contributed by atoms with E-state index in [9.17, 15) is 23.1 Å². The van der Waals surface area contributed by atoms with Gasteiger partial charge in [-0.2, -0.15) is 13.2 Å². The molecular weight excluding hydrogens is 259 g/mol. The molecule has 0 saturated heterocycles. The highest BCUT2D eigenvalue weighted by Crippen LogP contribution is 2.21. The first-order valence-corrected chi connectivity index (χ1v) is 5.91. The molecule has 1 amide bonds. The summed E-state index contributed by atoms with van der Waals surface area (Å²) in [6.45, 7) is 3.29. The molecule has 106 valence electrons. The number of rotatable bonds is 4. The van der Waals surface area contributed by atoms with Gasteiger partial charge in [0.25, 0.3) is 0 Å². The Morgan fingerprint density at radius 1 is 1.26 bits per heavy atom. The lowest BCUT2D eigenvalue weighted by atomic mass is 10.0. The highest BCUT2D eigenvalue weighted by molar-refractivity contribution is 5.82. The number of carbonyl (C=O) groups excluding carboxylic acids is 1. The zero-order chi connectivity index (χ0) is 14.6. The minimum absolute atomic E-state index is 0.546. The zero-order valence-corrected chi connectivity index (χ0v) is 10.7. The van der Waals surface area contributed by atoms with E-state index >= 15 is 0 Å². The molecule has 0 heterocycles. The number of aliphatic hydroxyl groups is 1. The molecule has 0 bridgehead atoms. The monoisotopic (exact) mass is 275 g/mol. The van der Waals surface area contributed by atoms with E-state index in [1.165, 1.54) is 6.92 Å². The molecule has 0 radical (unpaired) electrons. The summed E-state index contributed by atoms with van der Waals surface area (Å²) < 4.78 is 36.3. The zero-order valence-electron chi connectivity index (χ0n) is 10.7. The molecule has 2 N–H and O–H groups in total. The minimum atomic E-state index is -4.88. The summed E-state index contributed by atoms with van der Waals surface area (Å²) in [6, 6.07) is 5.71. The quantitative estimate of drug-likeness (QED) is 0.887. The molecule has 0 saturated carbocycles. The van der Waals surface area contributed by atoms with Gasteiger partial charge in [-0.05, 0) is 24.5 Å². The largest absolute Gasteiger partial charge is 0.471 e. The average Bonchev–Trinajstić information content (AvgIpc) is 2.36. The highest BCUT2D eigenvalue weighted by atomic mass is 19.4. The lowest BCUT2D eigenvalue weighted by Crippen LogP contribution is -2.38. The fourth-order valence-electron chi connectivity index (χ4n) is 1.60. The van der Waals surface area contributed by atoms with Crippen molar-refractivity contribution in [2.45, 2.75) is 38.6 Å². The fraction of sp³-hybridized carbons (Fsp3) is 0.462. The van der Waals surface area contributed by atoms with Crippen LogP contribution in [0.5, 0.6) is 0 Å². The number of alkyl halides is 3. The van der Waals surface area contributed by atoms with E-state index in [0.29, 0.717) is 17.5 Å². The van der Waals surface area contributed by atoms with Crippen molar-refractivity contribution in [1.82, 2.24) is 5.32 Å². The van der Waals surface area contributed by atoms with Crippen molar-refractivity contribution in [1.29, 1.82) is 0 Å². The van der Waals surface area contributed by atoms with Gasteiger partial charge < -0.3 is 10.4 Å². The average molecular weight is 275 g/mol. The Hall–Kier alpha value is -1.56. The van der Waals surface area contributed by atoms with Gasteiger partial charge in [0.15, 0.2) is 0 Å². The molecule has 2 atom stereocenters. The standard InChI is InChI=1S/C13H16F3NO2/c1-3-11(18)10-6-4-9(5-7-10)8(2)17-12(19)13(14,15)16/h4-8,11,18H,3H2,1-2H3,(H,17,19). The van der Waals surface area contributed by atoms with E-state index in [1.54, 1.807) is 24.3 Å². The third kappa shape index (κ3) is 4.24. The first kappa shape index (κ1) is 15.5. The van der Waals surface area contributed by atoms with Crippen LogP contribution in [0, 0.1) is 0 Å². The van der Waals surface area contributed by atoms with Crippen LogP contribution in [0.2, 0.25) is 0 Å². The van der Waals surface area contributed by atoms with E-state index in [2.05, 4.69) is 0 Å². The normalized spacial score (nSPS) is 14.8. The number of benzene rings is 1. The first-order chi connectivity index (χ1) is 8.75. The summed E-state index contributed by atoms with van der Waals surface area (Å²) in [6.07, 6.45) is -4.92. The molecule has 1 aromatic rings. The lowest BCUT2D eigenvalue weighted by molar-refractivity contribution is -0.174. The van der Waals surface area contributed by atoms with Gasteiger partial charge in [0.2, 0.25) is 0 Å². The van der Waals surface area contributed by atoms with Gasteiger partial charge in [0, 0.05) is 0 Å². The molecule has 0 spiro atoms. The molecule has 0 aliphatic heterocycles. The molecule has 0 fully saturated rings. The van der Waals surface area contributed by atoms with Crippen LogP contribution in [0.25, 0.3) is 0 Å². The van der Waals surface area contributed by atoms with Crippen molar-refractivity contribution in [3.8, 4) is 0 Å². The lowest BCUT2D eigenvalue weighted by Gasteiger charge is -2.16. The summed E-state index contributed by atoms with van der Waals surface area (Å²) >= 11 is 0. The van der Waals surface area contributed by atoms with Crippen LogP contribution in [-0.4, -0.2) is 17.2 Å². The smallest absolute Gasteiger partial charge is 0.388 e. The van der Waals surface area contributed by atoms with Crippen molar-refractivity contribution in [2.24, 2.45) is 0 Å². The van der Waals surface area contributed by atoms with E-state index < -0.39 is 24.2 Å². The van der Waals surface area contributed by atoms with Crippen molar-refractivity contribution in [3.05, 3.63) is 35.4 Å². The number of nitrogens with one attached hydrogen (secondary N) is 1. The van der Waals surface area contributed by atoms with Gasteiger partial charge >= 0.3 is 12.1 Å². The Labute approximate surface area is 109 Å². The van der Waals surface area contributed by atoms with Gasteiger partial charge in [-0.1, -0.05) is 31.2 Å². The molecule has 1 aromatic carbocycles. The summed E-state index contributed by atoms with van der Waals surface area (Å²) in [4.78, 5) is 10.8. The maximum atomic E-state index is 12.1. The Balaban J connectivity index is 2.73. The number of aliphatic hydroxyl groups excluding tert-OH is 1. The fourth-order valence-corrected chi connectivity index (χ4v) is 1.60.